The van der Waals surface area contributed by atoms with Gasteiger partial charge in [-0.05, 0) is 45.0 Å². The van der Waals surface area contributed by atoms with Crippen LogP contribution in [0.3, 0.4) is 0 Å². The van der Waals surface area contributed by atoms with Gasteiger partial charge in [-0.25, -0.2) is 0 Å². The van der Waals surface area contributed by atoms with Gasteiger partial charge in [0.25, 0.3) is 0 Å². The van der Waals surface area contributed by atoms with E-state index in [1.54, 1.807) is 0 Å². The van der Waals surface area contributed by atoms with Gasteiger partial charge >= 0.3 is 0 Å². The van der Waals surface area contributed by atoms with Gasteiger partial charge in [-0.3, -0.25) is 9.80 Å². The topological polar surface area (TPSA) is 45.4 Å². The van der Waals surface area contributed by atoms with Crippen LogP contribution in [-0.2, 0) is 6.54 Å². The highest BCUT2D eigenvalue weighted by Gasteiger charge is 2.46. The Kier molecular flexibility index (Phi) is 4.37. The van der Waals surface area contributed by atoms with Crippen molar-refractivity contribution in [3.63, 3.8) is 0 Å². The second kappa shape index (κ2) is 6.65. The van der Waals surface area contributed by atoms with Crippen molar-refractivity contribution in [2.45, 2.75) is 50.7 Å². The summed E-state index contributed by atoms with van der Waals surface area (Å²) in [5.74, 6) is 2.04. The summed E-state index contributed by atoms with van der Waals surface area (Å²) in [5.41, 5.74) is 1.42. The average Bonchev–Trinajstić information content (AvgIpc) is 3.31. The average molecular weight is 326 g/mol. The molecule has 1 aromatic heterocycles. The molecule has 0 aliphatic carbocycles. The molecule has 4 rings (SSSR count). The zero-order chi connectivity index (χ0) is 16.5. The van der Waals surface area contributed by atoms with Gasteiger partial charge in [0.1, 0.15) is 0 Å². The number of fused-ring (bicyclic) bond motifs is 1. The maximum absolute atomic E-state index is 5.52. The van der Waals surface area contributed by atoms with Crippen LogP contribution in [0.15, 0.2) is 34.9 Å². The molecule has 0 N–H and O–H groups in total. The Labute approximate surface area is 143 Å². The van der Waals surface area contributed by atoms with Gasteiger partial charge in [0.05, 0.1) is 6.54 Å². The summed E-state index contributed by atoms with van der Waals surface area (Å²) in [7, 11) is 2.07. The van der Waals surface area contributed by atoms with Crippen molar-refractivity contribution in [2.75, 3.05) is 20.1 Å². The second-order valence-electron chi connectivity index (χ2n) is 7.09. The number of hydrogen-bond donors (Lipinski definition) is 0. The first-order chi connectivity index (χ1) is 11.8. The van der Waals surface area contributed by atoms with Crippen molar-refractivity contribution in [1.82, 2.24) is 19.9 Å². The predicted molar refractivity (Wildman–Crippen MR) is 92.6 cm³/mol. The van der Waals surface area contributed by atoms with Crippen molar-refractivity contribution >= 4 is 0 Å². The quantitative estimate of drug-likeness (QED) is 0.844. The fourth-order valence-electron chi connectivity index (χ4n) is 4.27. The highest BCUT2D eigenvalue weighted by Crippen LogP contribution is 2.48. The molecule has 2 aromatic rings. The number of benzene rings is 1. The van der Waals surface area contributed by atoms with Gasteiger partial charge in [-0.1, -0.05) is 42.4 Å². The second-order valence-corrected chi connectivity index (χ2v) is 7.09. The maximum atomic E-state index is 5.52. The molecule has 3 heterocycles. The normalized spacial score (nSPS) is 27.0. The molecule has 0 radical (unpaired) electrons. The predicted octanol–water partition coefficient (Wildman–Crippen LogP) is 3.21. The molecule has 2 fully saturated rings. The van der Waals surface area contributed by atoms with Crippen LogP contribution in [0.25, 0.3) is 0 Å². The summed E-state index contributed by atoms with van der Waals surface area (Å²) < 4.78 is 5.52. The van der Waals surface area contributed by atoms with Crippen LogP contribution < -0.4 is 0 Å². The van der Waals surface area contributed by atoms with E-state index >= 15 is 0 Å². The molecule has 2 saturated heterocycles. The lowest BCUT2D eigenvalue weighted by molar-refractivity contribution is 0.243. The zero-order valence-corrected chi connectivity index (χ0v) is 14.6. The molecule has 0 bridgehead atoms. The Hall–Kier alpha value is -1.72. The monoisotopic (exact) mass is 326 g/mol. The minimum absolute atomic E-state index is 0.391. The third kappa shape index (κ3) is 2.87. The van der Waals surface area contributed by atoms with E-state index in [-0.39, 0.29) is 0 Å². The number of nitrogens with zero attached hydrogens (tertiary/aromatic N) is 4. The molecular weight excluding hydrogens is 300 g/mol. The smallest absolute Gasteiger partial charge is 0.240 e. The van der Waals surface area contributed by atoms with Crippen molar-refractivity contribution in [1.29, 1.82) is 0 Å². The van der Waals surface area contributed by atoms with Crippen LogP contribution in [0.1, 0.15) is 55.4 Å². The van der Waals surface area contributed by atoms with E-state index in [1.807, 2.05) is 0 Å². The SMILES string of the molecule is CCN(C)Cc1nc([C@@H]2C[C@H](c3ccccc3)N3CCC[C@@H]23)no1. The number of aromatic nitrogens is 2. The molecule has 24 heavy (non-hydrogen) atoms. The molecule has 2 aliphatic rings. The third-order valence-corrected chi connectivity index (χ3v) is 5.63. The van der Waals surface area contributed by atoms with Crippen LogP contribution in [0, 0.1) is 0 Å². The summed E-state index contributed by atoms with van der Waals surface area (Å²) in [6.07, 6.45) is 3.61. The van der Waals surface area contributed by atoms with Crippen LogP contribution in [0.2, 0.25) is 0 Å². The lowest BCUT2D eigenvalue weighted by Crippen LogP contribution is -2.27. The van der Waals surface area contributed by atoms with Gasteiger partial charge in [0.15, 0.2) is 5.82 Å². The first-order valence-electron chi connectivity index (χ1n) is 9.08. The molecule has 1 aromatic carbocycles. The van der Waals surface area contributed by atoms with Gasteiger partial charge in [0, 0.05) is 18.0 Å². The zero-order valence-electron chi connectivity index (χ0n) is 14.6. The summed E-state index contributed by atoms with van der Waals surface area (Å²) in [6.45, 7) is 5.03. The first-order valence-corrected chi connectivity index (χ1v) is 9.08. The summed E-state index contributed by atoms with van der Waals surface area (Å²) >= 11 is 0. The molecule has 5 nitrogen and oxygen atoms in total. The molecule has 0 unspecified atom stereocenters. The molecule has 2 aliphatic heterocycles. The van der Waals surface area contributed by atoms with E-state index in [4.69, 9.17) is 9.51 Å². The van der Waals surface area contributed by atoms with Gasteiger partial charge < -0.3 is 4.52 Å². The molecule has 0 spiro atoms. The van der Waals surface area contributed by atoms with Crippen LogP contribution in [-0.4, -0.2) is 46.1 Å². The Morgan fingerprint density at radius 1 is 1.29 bits per heavy atom. The molecule has 128 valence electrons. The highest BCUT2D eigenvalue weighted by atomic mass is 16.5. The van der Waals surface area contributed by atoms with Crippen LogP contribution in [0.4, 0.5) is 0 Å². The fraction of sp³-hybridized carbons (Fsp3) is 0.579. The fourth-order valence-corrected chi connectivity index (χ4v) is 4.27. The standard InChI is InChI=1S/C19H26N4O/c1-3-22(2)13-18-20-19(21-24-18)15-12-17(14-8-5-4-6-9-14)23-11-7-10-16(15)23/h4-6,8-9,15-17H,3,7,10-13H2,1-2H3/t15-,16+,17-/m1/s1. The van der Waals surface area contributed by atoms with Crippen LogP contribution >= 0.6 is 0 Å². The number of rotatable bonds is 5. The molecular formula is C19H26N4O. The third-order valence-electron chi connectivity index (χ3n) is 5.63. The first kappa shape index (κ1) is 15.8. The lowest BCUT2D eigenvalue weighted by atomic mass is 9.94. The van der Waals surface area contributed by atoms with Crippen molar-refractivity contribution in [3.8, 4) is 0 Å². The highest BCUT2D eigenvalue weighted by molar-refractivity contribution is 5.24. The minimum atomic E-state index is 0.391. The Balaban J connectivity index is 1.55. The Morgan fingerprint density at radius 3 is 2.92 bits per heavy atom. The Bertz CT molecular complexity index is 671. The van der Waals surface area contributed by atoms with E-state index < -0.39 is 0 Å². The van der Waals surface area contributed by atoms with Gasteiger partial charge in [0.2, 0.25) is 5.89 Å². The van der Waals surface area contributed by atoms with Crippen molar-refractivity contribution in [3.05, 3.63) is 47.6 Å². The van der Waals surface area contributed by atoms with Gasteiger partial charge in [-0.2, -0.15) is 4.98 Å². The molecule has 0 saturated carbocycles. The summed E-state index contributed by atoms with van der Waals surface area (Å²) in [6, 6.07) is 11.9. The number of hydrogen-bond acceptors (Lipinski definition) is 5. The molecule has 0 amide bonds. The van der Waals surface area contributed by atoms with Crippen molar-refractivity contribution < 1.29 is 4.52 Å². The van der Waals surface area contributed by atoms with Gasteiger partial charge in [-0.15, -0.1) is 0 Å². The van der Waals surface area contributed by atoms with E-state index in [0.717, 1.165) is 31.2 Å². The van der Waals surface area contributed by atoms with Crippen molar-refractivity contribution in [2.24, 2.45) is 0 Å². The van der Waals surface area contributed by atoms with Crippen LogP contribution in [0.5, 0.6) is 0 Å². The lowest BCUT2D eigenvalue weighted by Gasteiger charge is -2.24. The maximum Gasteiger partial charge on any atom is 0.240 e. The molecule has 5 heteroatoms. The largest absolute Gasteiger partial charge is 0.338 e. The Morgan fingerprint density at radius 2 is 2.12 bits per heavy atom. The van der Waals surface area contributed by atoms with E-state index in [9.17, 15) is 0 Å². The van der Waals surface area contributed by atoms with E-state index in [0.29, 0.717) is 18.0 Å². The summed E-state index contributed by atoms with van der Waals surface area (Å²) in [4.78, 5) is 9.56. The van der Waals surface area contributed by atoms with E-state index in [1.165, 1.54) is 24.9 Å². The molecule has 3 atom stereocenters. The minimum Gasteiger partial charge on any atom is -0.338 e. The summed E-state index contributed by atoms with van der Waals surface area (Å²) in [5, 5.41) is 4.33. The van der Waals surface area contributed by atoms with E-state index in [2.05, 4.69) is 59.3 Å².